The molecular formula is C23H23F3N4O2S. The second-order valence-electron chi connectivity index (χ2n) is 8.13. The van der Waals surface area contributed by atoms with E-state index < -0.39 is 22.2 Å². The molecule has 1 atom stereocenters. The Kier molecular flexibility index (Phi) is 5.83. The fourth-order valence-electron chi connectivity index (χ4n) is 3.82. The molecule has 0 spiro atoms. The number of nitrogens with zero attached hydrogens (tertiary/aromatic N) is 3. The number of hydrogen-bond donors (Lipinski definition) is 1. The maximum absolute atomic E-state index is 13.8. The van der Waals surface area contributed by atoms with Gasteiger partial charge in [0.1, 0.15) is 11.9 Å². The third-order valence-corrected chi connectivity index (χ3v) is 6.95. The molecule has 10 heteroatoms. The average molecular weight is 477 g/mol. The van der Waals surface area contributed by atoms with Crippen LogP contribution < -0.4 is 9.73 Å². The molecule has 1 aromatic heterocycles. The highest BCUT2D eigenvalue weighted by molar-refractivity contribution is 7.89. The number of nitrogens with one attached hydrogen (secondary N) is 1. The summed E-state index contributed by atoms with van der Waals surface area (Å²) in [5.74, 6) is 0.0156. The van der Waals surface area contributed by atoms with Gasteiger partial charge in [0.25, 0.3) is 10.0 Å². The lowest BCUT2D eigenvalue weighted by Crippen LogP contribution is -2.47. The number of fused-ring (bicyclic) bond motifs is 1. The predicted molar refractivity (Wildman–Crippen MR) is 121 cm³/mol. The van der Waals surface area contributed by atoms with Gasteiger partial charge in [-0.15, -0.1) is 0 Å². The van der Waals surface area contributed by atoms with Crippen LogP contribution in [0.5, 0.6) is 0 Å². The van der Waals surface area contributed by atoms with Crippen molar-refractivity contribution in [3.8, 4) is 0 Å². The second-order valence-corrected chi connectivity index (χ2v) is 9.81. The first-order valence-electron chi connectivity index (χ1n) is 10.3. The zero-order valence-electron chi connectivity index (χ0n) is 18.2. The molecule has 1 aliphatic rings. The van der Waals surface area contributed by atoms with E-state index in [2.05, 4.69) is 9.71 Å². The Morgan fingerprint density at radius 2 is 1.76 bits per heavy atom. The predicted octanol–water partition coefficient (Wildman–Crippen LogP) is 4.78. The highest BCUT2D eigenvalue weighted by atomic mass is 32.2. The van der Waals surface area contributed by atoms with Gasteiger partial charge in [-0.05, 0) is 41.8 Å². The molecule has 2 aromatic carbocycles. The van der Waals surface area contributed by atoms with Gasteiger partial charge in [0.05, 0.1) is 10.6 Å². The van der Waals surface area contributed by atoms with Crippen molar-refractivity contribution in [2.75, 3.05) is 12.1 Å². The normalized spacial score (nSPS) is 17.6. The first-order chi connectivity index (χ1) is 15.5. The lowest BCUT2D eigenvalue weighted by molar-refractivity contribution is -0.164. The number of aromatic nitrogens is 1. The second kappa shape index (κ2) is 8.35. The van der Waals surface area contributed by atoms with Crippen LogP contribution in [0, 0.1) is 0 Å². The minimum Gasteiger partial charge on any atom is -0.264 e. The van der Waals surface area contributed by atoms with Crippen LogP contribution in [0.3, 0.4) is 0 Å². The molecule has 0 fully saturated rings. The number of pyridine rings is 1. The van der Waals surface area contributed by atoms with Gasteiger partial charge in [0, 0.05) is 30.2 Å². The van der Waals surface area contributed by atoms with Gasteiger partial charge in [-0.3, -0.25) is 14.7 Å². The standard InChI is InChI=1S/C23H23F3N4O2S/c1-15(2)16-7-9-18(10-8-16)33(31,32)28-22-13-21(23(24,25)26)29(3)30(22)20-6-4-5-17-14-27-12-11-19(17)20/h4-15,21,28H,1-3H3. The quantitative estimate of drug-likeness (QED) is 0.575. The number of rotatable bonds is 5. The SMILES string of the molecule is CC(C)c1ccc(S(=O)(=O)NC2=CC(C(F)(F)F)N(C)N2c2cccc3cnccc23)cc1. The van der Waals surface area contributed by atoms with Crippen LogP contribution in [0.1, 0.15) is 25.3 Å². The summed E-state index contributed by atoms with van der Waals surface area (Å²) in [4.78, 5) is 4.02. The molecule has 0 bridgehead atoms. The highest BCUT2D eigenvalue weighted by Gasteiger charge is 2.48. The summed E-state index contributed by atoms with van der Waals surface area (Å²) >= 11 is 0. The summed E-state index contributed by atoms with van der Waals surface area (Å²) in [7, 11) is -2.87. The van der Waals surface area contributed by atoms with Crippen LogP contribution in [-0.4, -0.2) is 37.7 Å². The van der Waals surface area contributed by atoms with Crippen molar-refractivity contribution in [3.05, 3.63) is 78.4 Å². The number of benzene rings is 2. The Balaban J connectivity index is 1.77. The molecule has 6 nitrogen and oxygen atoms in total. The molecule has 0 amide bonds. The van der Waals surface area contributed by atoms with E-state index in [1.165, 1.54) is 30.4 Å². The van der Waals surface area contributed by atoms with Crippen LogP contribution in [0.4, 0.5) is 18.9 Å². The highest BCUT2D eigenvalue weighted by Crippen LogP contribution is 2.38. The molecule has 33 heavy (non-hydrogen) atoms. The summed E-state index contributed by atoms with van der Waals surface area (Å²) < 4.78 is 69.8. The Bertz CT molecular complexity index is 1300. The van der Waals surface area contributed by atoms with Crippen molar-refractivity contribution in [3.63, 3.8) is 0 Å². The van der Waals surface area contributed by atoms with E-state index in [1.54, 1.807) is 42.6 Å². The van der Waals surface area contributed by atoms with Crippen molar-refractivity contribution in [2.24, 2.45) is 0 Å². The number of likely N-dealkylation sites (N-methyl/N-ethyl adjacent to an activating group) is 1. The molecule has 0 aliphatic carbocycles. The Hall–Kier alpha value is -3.11. The lowest BCUT2D eigenvalue weighted by Gasteiger charge is -2.33. The molecule has 1 N–H and O–H groups in total. The zero-order chi connectivity index (χ0) is 24.0. The monoisotopic (exact) mass is 476 g/mol. The van der Waals surface area contributed by atoms with Crippen LogP contribution >= 0.6 is 0 Å². The fourth-order valence-corrected chi connectivity index (χ4v) is 4.87. The smallest absolute Gasteiger partial charge is 0.264 e. The van der Waals surface area contributed by atoms with Gasteiger partial charge in [0.2, 0.25) is 0 Å². The summed E-state index contributed by atoms with van der Waals surface area (Å²) in [6, 6.07) is 11.1. The van der Waals surface area contributed by atoms with Gasteiger partial charge in [-0.2, -0.15) is 13.2 Å². The molecule has 4 rings (SSSR count). The molecule has 174 valence electrons. The molecular weight excluding hydrogens is 453 g/mol. The van der Waals surface area contributed by atoms with Gasteiger partial charge in [-0.25, -0.2) is 13.4 Å². The number of hydrazine groups is 1. The van der Waals surface area contributed by atoms with E-state index in [-0.39, 0.29) is 16.6 Å². The summed E-state index contributed by atoms with van der Waals surface area (Å²) in [6.07, 6.45) is -0.599. The van der Waals surface area contributed by atoms with Crippen molar-refractivity contribution >= 4 is 26.5 Å². The van der Waals surface area contributed by atoms with Gasteiger partial charge >= 0.3 is 6.18 Å². The third-order valence-electron chi connectivity index (χ3n) is 5.58. The van der Waals surface area contributed by atoms with Crippen LogP contribution in [0.2, 0.25) is 0 Å². The van der Waals surface area contributed by atoms with Crippen molar-refractivity contribution in [1.29, 1.82) is 0 Å². The summed E-state index contributed by atoms with van der Waals surface area (Å²) in [6.45, 7) is 3.96. The van der Waals surface area contributed by atoms with E-state index in [9.17, 15) is 21.6 Å². The topological polar surface area (TPSA) is 65.5 Å². The molecule has 1 unspecified atom stereocenters. The molecule has 1 aliphatic heterocycles. The van der Waals surface area contributed by atoms with Crippen molar-refractivity contribution in [1.82, 2.24) is 14.7 Å². The zero-order valence-corrected chi connectivity index (χ0v) is 19.0. The minimum absolute atomic E-state index is 0.0343. The Labute approximate surface area is 190 Å². The van der Waals surface area contributed by atoms with Gasteiger partial charge in [-0.1, -0.05) is 38.1 Å². The van der Waals surface area contributed by atoms with E-state index >= 15 is 0 Å². The number of alkyl halides is 3. The first kappa shape index (κ1) is 23.1. The van der Waals surface area contributed by atoms with Gasteiger partial charge in [0.15, 0.2) is 0 Å². The van der Waals surface area contributed by atoms with Crippen LogP contribution in [0.15, 0.2) is 77.7 Å². The maximum Gasteiger partial charge on any atom is 0.409 e. The third kappa shape index (κ3) is 4.40. The number of halogens is 3. The number of hydrogen-bond acceptors (Lipinski definition) is 5. The minimum atomic E-state index is -4.61. The molecule has 0 radical (unpaired) electrons. The molecule has 0 saturated heterocycles. The van der Waals surface area contributed by atoms with Crippen LogP contribution in [0.25, 0.3) is 10.8 Å². The summed E-state index contributed by atoms with van der Waals surface area (Å²) in [5, 5.41) is 3.55. The average Bonchev–Trinajstić information content (AvgIpc) is 3.08. The van der Waals surface area contributed by atoms with Gasteiger partial charge < -0.3 is 0 Å². The maximum atomic E-state index is 13.8. The molecule has 0 saturated carbocycles. The first-order valence-corrected chi connectivity index (χ1v) is 11.7. The molecule has 3 aromatic rings. The Morgan fingerprint density at radius 3 is 2.39 bits per heavy atom. The summed E-state index contributed by atoms with van der Waals surface area (Å²) in [5.41, 5.74) is 1.35. The van der Waals surface area contributed by atoms with Crippen molar-refractivity contribution in [2.45, 2.75) is 36.9 Å². The van der Waals surface area contributed by atoms with E-state index in [0.29, 0.717) is 16.5 Å². The van der Waals surface area contributed by atoms with E-state index in [4.69, 9.17) is 0 Å². The Morgan fingerprint density at radius 1 is 1.06 bits per heavy atom. The van der Waals surface area contributed by atoms with E-state index in [1.807, 2.05) is 13.8 Å². The lowest BCUT2D eigenvalue weighted by atomic mass is 10.0. The van der Waals surface area contributed by atoms with Crippen molar-refractivity contribution < 1.29 is 21.6 Å². The largest absolute Gasteiger partial charge is 0.409 e. The fraction of sp³-hybridized carbons (Fsp3) is 0.261. The number of anilines is 1. The van der Waals surface area contributed by atoms with E-state index in [0.717, 1.165) is 16.6 Å². The number of sulfonamides is 1. The molecule has 2 heterocycles. The van der Waals surface area contributed by atoms with Crippen LogP contribution in [-0.2, 0) is 10.0 Å².